The van der Waals surface area contributed by atoms with Crippen molar-refractivity contribution < 1.29 is 19.4 Å². The molecule has 2 saturated heterocycles. The Morgan fingerprint density at radius 3 is 2.68 bits per heavy atom. The van der Waals surface area contributed by atoms with Gasteiger partial charge in [0, 0.05) is 33.1 Å². The van der Waals surface area contributed by atoms with Gasteiger partial charge in [0.1, 0.15) is 0 Å². The molecule has 7 nitrogen and oxygen atoms in total. The van der Waals surface area contributed by atoms with E-state index in [9.17, 15) is 14.7 Å². The molecule has 0 unspecified atom stereocenters. The standard InChI is InChI=1S/C15H27N3O4/c1-16-13(19)3-5-15(21)4-2-6-17(12-15)11-14(20)18-7-9-22-10-8-18/h21H,2-12H2,1H3,(H,16,19)/t15-/m1/s1. The lowest BCUT2D eigenvalue weighted by Gasteiger charge is -2.39. The molecular formula is C15H27N3O4. The molecule has 1 atom stereocenters. The monoisotopic (exact) mass is 313 g/mol. The zero-order chi connectivity index (χ0) is 16.0. The van der Waals surface area contributed by atoms with Crippen LogP contribution in [0.3, 0.4) is 0 Å². The Morgan fingerprint density at radius 2 is 2.00 bits per heavy atom. The number of likely N-dealkylation sites (tertiary alicyclic amines) is 1. The summed E-state index contributed by atoms with van der Waals surface area (Å²) in [6.45, 7) is 4.10. The fourth-order valence-electron chi connectivity index (χ4n) is 3.12. The predicted octanol–water partition coefficient (Wildman–Crippen LogP) is -0.802. The number of nitrogens with zero attached hydrogens (tertiary/aromatic N) is 2. The number of carbonyl (C=O) groups excluding carboxylic acids is 2. The van der Waals surface area contributed by atoms with Crippen LogP contribution in [0.2, 0.25) is 0 Å². The first-order chi connectivity index (χ1) is 10.5. The van der Waals surface area contributed by atoms with Crippen molar-refractivity contribution in [2.24, 2.45) is 0 Å². The SMILES string of the molecule is CNC(=O)CC[C@]1(O)CCCN(CC(=O)N2CCOCC2)C1. The van der Waals surface area contributed by atoms with Crippen molar-refractivity contribution in [1.82, 2.24) is 15.1 Å². The lowest BCUT2D eigenvalue weighted by molar-refractivity contribution is -0.138. The van der Waals surface area contributed by atoms with Gasteiger partial charge >= 0.3 is 0 Å². The molecule has 0 aromatic carbocycles. The van der Waals surface area contributed by atoms with Crippen molar-refractivity contribution >= 4 is 11.8 Å². The Labute approximate surface area is 131 Å². The Bertz CT molecular complexity index is 398. The van der Waals surface area contributed by atoms with E-state index < -0.39 is 5.60 Å². The number of amides is 2. The van der Waals surface area contributed by atoms with Gasteiger partial charge in [-0.3, -0.25) is 14.5 Å². The van der Waals surface area contributed by atoms with Gasteiger partial charge in [-0.25, -0.2) is 0 Å². The highest BCUT2D eigenvalue weighted by Crippen LogP contribution is 2.25. The summed E-state index contributed by atoms with van der Waals surface area (Å²) in [5, 5.41) is 13.2. The van der Waals surface area contributed by atoms with Crippen molar-refractivity contribution in [2.45, 2.75) is 31.3 Å². The summed E-state index contributed by atoms with van der Waals surface area (Å²) in [4.78, 5) is 27.5. The minimum atomic E-state index is -0.865. The van der Waals surface area contributed by atoms with Crippen LogP contribution in [0.25, 0.3) is 0 Å². The first kappa shape index (κ1) is 17.2. The molecule has 2 fully saturated rings. The smallest absolute Gasteiger partial charge is 0.236 e. The van der Waals surface area contributed by atoms with Gasteiger partial charge in [-0.1, -0.05) is 0 Å². The molecule has 2 aliphatic heterocycles. The zero-order valence-electron chi connectivity index (χ0n) is 13.3. The minimum Gasteiger partial charge on any atom is -0.389 e. The van der Waals surface area contributed by atoms with Crippen LogP contribution in [0, 0.1) is 0 Å². The van der Waals surface area contributed by atoms with Gasteiger partial charge in [-0.15, -0.1) is 0 Å². The summed E-state index contributed by atoms with van der Waals surface area (Å²) in [5.41, 5.74) is -0.865. The van der Waals surface area contributed by atoms with E-state index in [4.69, 9.17) is 4.74 Å². The lowest BCUT2D eigenvalue weighted by atomic mass is 9.88. The van der Waals surface area contributed by atoms with Gasteiger partial charge in [0.05, 0.1) is 25.4 Å². The molecule has 126 valence electrons. The average molecular weight is 313 g/mol. The number of hydrogen-bond donors (Lipinski definition) is 2. The molecule has 0 spiro atoms. The minimum absolute atomic E-state index is 0.0602. The fraction of sp³-hybridized carbons (Fsp3) is 0.867. The Kier molecular flexibility index (Phi) is 6.16. The summed E-state index contributed by atoms with van der Waals surface area (Å²) in [7, 11) is 1.60. The van der Waals surface area contributed by atoms with E-state index in [0.717, 1.165) is 13.0 Å². The number of nitrogens with one attached hydrogen (secondary N) is 1. The molecule has 2 amide bonds. The molecule has 22 heavy (non-hydrogen) atoms. The van der Waals surface area contributed by atoms with Crippen molar-refractivity contribution in [1.29, 1.82) is 0 Å². The Hall–Kier alpha value is -1.18. The summed E-state index contributed by atoms with van der Waals surface area (Å²) < 4.78 is 5.25. The summed E-state index contributed by atoms with van der Waals surface area (Å²) in [5.74, 6) is 0.0359. The second kappa shape index (κ2) is 7.89. The van der Waals surface area contributed by atoms with Crippen LogP contribution >= 0.6 is 0 Å². The van der Waals surface area contributed by atoms with Gasteiger partial charge in [0.2, 0.25) is 11.8 Å². The molecule has 0 saturated carbocycles. The Balaban J connectivity index is 1.81. The van der Waals surface area contributed by atoms with Crippen LogP contribution in [0.4, 0.5) is 0 Å². The van der Waals surface area contributed by atoms with Crippen molar-refractivity contribution in [3.05, 3.63) is 0 Å². The predicted molar refractivity (Wildman–Crippen MR) is 81.3 cm³/mol. The largest absolute Gasteiger partial charge is 0.389 e. The molecule has 2 aliphatic rings. The number of hydrogen-bond acceptors (Lipinski definition) is 5. The maximum Gasteiger partial charge on any atom is 0.236 e. The molecule has 0 bridgehead atoms. The van der Waals surface area contributed by atoms with E-state index in [1.54, 1.807) is 7.05 Å². The summed E-state index contributed by atoms with van der Waals surface area (Å²) in [6, 6.07) is 0. The van der Waals surface area contributed by atoms with E-state index in [1.165, 1.54) is 0 Å². The summed E-state index contributed by atoms with van der Waals surface area (Å²) >= 11 is 0. The molecule has 2 rings (SSSR count). The fourth-order valence-corrected chi connectivity index (χ4v) is 3.12. The maximum atomic E-state index is 12.3. The third-order valence-corrected chi connectivity index (χ3v) is 4.45. The quantitative estimate of drug-likeness (QED) is 0.694. The van der Waals surface area contributed by atoms with Crippen LogP contribution in [-0.4, -0.2) is 85.3 Å². The van der Waals surface area contributed by atoms with E-state index in [2.05, 4.69) is 5.32 Å². The number of rotatable bonds is 5. The van der Waals surface area contributed by atoms with Crippen LogP contribution in [0.1, 0.15) is 25.7 Å². The number of β-amino-alcohol motifs (C(OH)–C–C–N with tert-alkyl or cyclic N) is 1. The van der Waals surface area contributed by atoms with E-state index in [1.807, 2.05) is 9.80 Å². The topological polar surface area (TPSA) is 82.1 Å². The molecule has 0 aromatic heterocycles. The van der Waals surface area contributed by atoms with Crippen molar-refractivity contribution in [2.75, 3.05) is 53.0 Å². The van der Waals surface area contributed by atoms with Crippen LogP contribution in [0.5, 0.6) is 0 Å². The molecular weight excluding hydrogens is 286 g/mol. The normalized spacial score (nSPS) is 26.7. The van der Waals surface area contributed by atoms with Crippen molar-refractivity contribution in [3.63, 3.8) is 0 Å². The van der Waals surface area contributed by atoms with Gasteiger partial charge in [0.15, 0.2) is 0 Å². The third-order valence-electron chi connectivity index (χ3n) is 4.45. The number of morpholine rings is 1. The van der Waals surface area contributed by atoms with Crippen molar-refractivity contribution in [3.8, 4) is 0 Å². The first-order valence-electron chi connectivity index (χ1n) is 8.03. The highest BCUT2D eigenvalue weighted by atomic mass is 16.5. The van der Waals surface area contributed by atoms with Gasteiger partial charge < -0.3 is 20.1 Å². The van der Waals surface area contributed by atoms with Crippen LogP contribution in [0.15, 0.2) is 0 Å². The van der Waals surface area contributed by atoms with Crippen LogP contribution < -0.4 is 5.32 Å². The molecule has 0 radical (unpaired) electrons. The number of carbonyl (C=O) groups is 2. The van der Waals surface area contributed by atoms with Gasteiger partial charge in [-0.2, -0.15) is 0 Å². The van der Waals surface area contributed by atoms with E-state index in [0.29, 0.717) is 58.7 Å². The highest BCUT2D eigenvalue weighted by molar-refractivity contribution is 5.78. The van der Waals surface area contributed by atoms with Gasteiger partial charge in [0.25, 0.3) is 0 Å². The second-order valence-corrected chi connectivity index (χ2v) is 6.20. The zero-order valence-corrected chi connectivity index (χ0v) is 13.3. The summed E-state index contributed by atoms with van der Waals surface area (Å²) in [6.07, 6.45) is 2.29. The molecule has 0 aromatic rings. The van der Waals surface area contributed by atoms with E-state index in [-0.39, 0.29) is 11.8 Å². The lowest BCUT2D eigenvalue weighted by Crippen LogP contribution is -2.52. The molecule has 0 aliphatic carbocycles. The number of piperidine rings is 1. The molecule has 2 N–H and O–H groups in total. The van der Waals surface area contributed by atoms with E-state index >= 15 is 0 Å². The maximum absolute atomic E-state index is 12.3. The number of ether oxygens (including phenoxy) is 1. The number of aliphatic hydroxyl groups is 1. The molecule has 7 heteroatoms. The van der Waals surface area contributed by atoms with Crippen LogP contribution in [-0.2, 0) is 14.3 Å². The van der Waals surface area contributed by atoms with Gasteiger partial charge in [-0.05, 0) is 25.8 Å². The third kappa shape index (κ3) is 4.93. The Morgan fingerprint density at radius 1 is 1.27 bits per heavy atom. The second-order valence-electron chi connectivity index (χ2n) is 6.20. The first-order valence-corrected chi connectivity index (χ1v) is 8.03. The highest BCUT2D eigenvalue weighted by Gasteiger charge is 2.34. The average Bonchev–Trinajstić information content (AvgIpc) is 2.53. The molecule has 2 heterocycles.